The molecule has 1 N–H and O–H groups in total. The second kappa shape index (κ2) is 6.87. The van der Waals surface area contributed by atoms with Gasteiger partial charge in [0.2, 0.25) is 0 Å². The second-order valence-corrected chi connectivity index (χ2v) is 5.31. The predicted octanol–water partition coefficient (Wildman–Crippen LogP) is 2.30. The Balaban J connectivity index is 1.77. The zero-order chi connectivity index (χ0) is 13.7. The summed E-state index contributed by atoms with van der Waals surface area (Å²) in [5.74, 6) is 0.766. The fourth-order valence-corrected chi connectivity index (χ4v) is 2.53. The van der Waals surface area contributed by atoms with Crippen LogP contribution in [-0.2, 0) is 0 Å². The van der Waals surface area contributed by atoms with Gasteiger partial charge in [0.05, 0.1) is 0 Å². The van der Waals surface area contributed by atoms with Crippen molar-refractivity contribution in [3.63, 3.8) is 0 Å². The first-order chi connectivity index (χ1) is 9.17. The van der Waals surface area contributed by atoms with E-state index in [0.717, 1.165) is 32.5 Å². The summed E-state index contributed by atoms with van der Waals surface area (Å²) in [6.07, 6.45) is 2.12. The fourth-order valence-electron chi connectivity index (χ4n) is 2.53. The SMILES string of the molecule is CC(CN1CCC(CO)CC1)Oc1cccc(F)c1. The number of piperidine rings is 1. The van der Waals surface area contributed by atoms with Crippen molar-refractivity contribution in [2.75, 3.05) is 26.2 Å². The minimum atomic E-state index is -0.270. The number of aliphatic hydroxyl groups is 1. The van der Waals surface area contributed by atoms with Gasteiger partial charge in [0.1, 0.15) is 17.7 Å². The number of aliphatic hydroxyl groups excluding tert-OH is 1. The maximum absolute atomic E-state index is 13.0. The van der Waals surface area contributed by atoms with E-state index in [-0.39, 0.29) is 11.9 Å². The first-order valence-corrected chi connectivity index (χ1v) is 6.93. The number of hydrogen-bond acceptors (Lipinski definition) is 3. The van der Waals surface area contributed by atoms with Gasteiger partial charge in [-0.1, -0.05) is 6.07 Å². The molecule has 1 aromatic rings. The molecule has 0 radical (unpaired) electrons. The van der Waals surface area contributed by atoms with E-state index in [1.807, 2.05) is 6.92 Å². The summed E-state index contributed by atoms with van der Waals surface area (Å²) in [4.78, 5) is 2.34. The maximum Gasteiger partial charge on any atom is 0.126 e. The Morgan fingerprint density at radius 3 is 2.79 bits per heavy atom. The maximum atomic E-state index is 13.0. The molecule has 0 saturated carbocycles. The lowest BCUT2D eigenvalue weighted by Gasteiger charge is -2.32. The van der Waals surface area contributed by atoms with Crippen LogP contribution in [0.1, 0.15) is 19.8 Å². The quantitative estimate of drug-likeness (QED) is 0.888. The lowest BCUT2D eigenvalue weighted by Crippen LogP contribution is -2.40. The number of benzene rings is 1. The largest absolute Gasteiger partial charge is 0.489 e. The Morgan fingerprint density at radius 2 is 2.16 bits per heavy atom. The molecule has 0 aromatic heterocycles. The summed E-state index contributed by atoms with van der Waals surface area (Å²) in [6.45, 7) is 5.14. The molecule has 1 aliphatic heterocycles. The average Bonchev–Trinajstić information content (AvgIpc) is 2.39. The molecular formula is C15H22FNO2. The third kappa shape index (κ3) is 4.48. The van der Waals surface area contributed by atoms with Crippen molar-refractivity contribution in [3.05, 3.63) is 30.1 Å². The number of ether oxygens (including phenoxy) is 1. The van der Waals surface area contributed by atoms with Crippen LogP contribution in [0, 0.1) is 11.7 Å². The Morgan fingerprint density at radius 1 is 1.42 bits per heavy atom. The van der Waals surface area contributed by atoms with Gasteiger partial charge in [-0.25, -0.2) is 4.39 Å². The molecule has 1 aliphatic rings. The molecule has 1 aromatic carbocycles. The highest BCUT2D eigenvalue weighted by atomic mass is 19.1. The lowest BCUT2D eigenvalue weighted by molar-refractivity contribution is 0.0941. The standard InChI is InChI=1S/C15H22FNO2/c1-12(19-15-4-2-3-14(16)9-15)10-17-7-5-13(11-18)6-8-17/h2-4,9,12-13,18H,5-8,10-11H2,1H3. The van der Waals surface area contributed by atoms with Crippen molar-refractivity contribution < 1.29 is 14.2 Å². The van der Waals surface area contributed by atoms with E-state index in [4.69, 9.17) is 9.84 Å². The van der Waals surface area contributed by atoms with Gasteiger partial charge in [-0.3, -0.25) is 4.90 Å². The van der Waals surface area contributed by atoms with E-state index < -0.39 is 0 Å². The molecule has 1 unspecified atom stereocenters. The molecule has 19 heavy (non-hydrogen) atoms. The summed E-state index contributed by atoms with van der Waals surface area (Å²) in [5, 5.41) is 9.10. The third-order valence-corrected chi connectivity index (χ3v) is 3.61. The number of nitrogens with zero attached hydrogens (tertiary/aromatic N) is 1. The molecule has 1 heterocycles. The monoisotopic (exact) mass is 267 g/mol. The molecule has 0 aliphatic carbocycles. The molecule has 0 amide bonds. The Hall–Kier alpha value is -1.13. The van der Waals surface area contributed by atoms with Crippen molar-refractivity contribution in [1.82, 2.24) is 4.90 Å². The average molecular weight is 267 g/mol. The molecule has 1 atom stereocenters. The van der Waals surface area contributed by atoms with Gasteiger partial charge in [0, 0.05) is 19.2 Å². The van der Waals surface area contributed by atoms with E-state index in [1.54, 1.807) is 12.1 Å². The van der Waals surface area contributed by atoms with Crippen LogP contribution < -0.4 is 4.74 Å². The van der Waals surface area contributed by atoms with Crippen LogP contribution in [0.15, 0.2) is 24.3 Å². The normalized spacial score (nSPS) is 19.3. The summed E-state index contributed by atoms with van der Waals surface area (Å²) in [7, 11) is 0. The van der Waals surface area contributed by atoms with E-state index in [0.29, 0.717) is 18.3 Å². The van der Waals surface area contributed by atoms with Crippen LogP contribution in [0.4, 0.5) is 4.39 Å². The van der Waals surface area contributed by atoms with E-state index >= 15 is 0 Å². The first kappa shape index (κ1) is 14.3. The number of likely N-dealkylation sites (tertiary alicyclic amines) is 1. The number of halogens is 1. The van der Waals surface area contributed by atoms with Crippen LogP contribution in [0.2, 0.25) is 0 Å². The molecule has 2 rings (SSSR count). The zero-order valence-corrected chi connectivity index (χ0v) is 11.4. The molecule has 106 valence electrons. The van der Waals surface area contributed by atoms with Crippen molar-refractivity contribution in [2.45, 2.75) is 25.9 Å². The summed E-state index contributed by atoms with van der Waals surface area (Å²) in [5.41, 5.74) is 0. The molecular weight excluding hydrogens is 245 g/mol. The first-order valence-electron chi connectivity index (χ1n) is 6.93. The van der Waals surface area contributed by atoms with Gasteiger partial charge >= 0.3 is 0 Å². The van der Waals surface area contributed by atoms with Gasteiger partial charge in [-0.2, -0.15) is 0 Å². The van der Waals surface area contributed by atoms with Crippen LogP contribution in [-0.4, -0.2) is 42.4 Å². The van der Waals surface area contributed by atoms with Crippen molar-refractivity contribution in [1.29, 1.82) is 0 Å². The predicted molar refractivity (Wildman–Crippen MR) is 72.7 cm³/mol. The number of hydrogen-bond donors (Lipinski definition) is 1. The van der Waals surface area contributed by atoms with Crippen LogP contribution >= 0.6 is 0 Å². The van der Waals surface area contributed by atoms with Crippen LogP contribution in [0.5, 0.6) is 5.75 Å². The second-order valence-electron chi connectivity index (χ2n) is 5.31. The Bertz CT molecular complexity index is 391. The summed E-state index contributed by atoms with van der Waals surface area (Å²) < 4.78 is 18.8. The Labute approximate surface area is 114 Å². The molecule has 0 spiro atoms. The Kier molecular flexibility index (Phi) is 5.16. The molecule has 4 heteroatoms. The van der Waals surface area contributed by atoms with Crippen molar-refractivity contribution in [2.24, 2.45) is 5.92 Å². The highest BCUT2D eigenvalue weighted by Gasteiger charge is 2.20. The molecule has 1 fully saturated rings. The van der Waals surface area contributed by atoms with Crippen LogP contribution in [0.3, 0.4) is 0 Å². The zero-order valence-electron chi connectivity index (χ0n) is 11.4. The topological polar surface area (TPSA) is 32.7 Å². The molecule has 1 saturated heterocycles. The summed E-state index contributed by atoms with van der Waals surface area (Å²) >= 11 is 0. The fraction of sp³-hybridized carbons (Fsp3) is 0.600. The molecule has 3 nitrogen and oxygen atoms in total. The highest BCUT2D eigenvalue weighted by molar-refractivity contribution is 5.22. The van der Waals surface area contributed by atoms with E-state index in [2.05, 4.69) is 4.90 Å². The van der Waals surface area contributed by atoms with Gasteiger partial charge < -0.3 is 9.84 Å². The van der Waals surface area contributed by atoms with Gasteiger partial charge in [-0.15, -0.1) is 0 Å². The third-order valence-electron chi connectivity index (χ3n) is 3.61. The van der Waals surface area contributed by atoms with Gasteiger partial charge in [0.15, 0.2) is 0 Å². The van der Waals surface area contributed by atoms with Crippen LogP contribution in [0.25, 0.3) is 0 Å². The molecule has 0 bridgehead atoms. The smallest absolute Gasteiger partial charge is 0.126 e. The van der Waals surface area contributed by atoms with Gasteiger partial charge in [-0.05, 0) is 50.9 Å². The minimum Gasteiger partial charge on any atom is -0.489 e. The van der Waals surface area contributed by atoms with Crippen molar-refractivity contribution >= 4 is 0 Å². The highest BCUT2D eigenvalue weighted by Crippen LogP contribution is 2.18. The lowest BCUT2D eigenvalue weighted by atomic mass is 9.98. The van der Waals surface area contributed by atoms with Crippen molar-refractivity contribution in [3.8, 4) is 5.75 Å². The van der Waals surface area contributed by atoms with Gasteiger partial charge in [0.25, 0.3) is 0 Å². The number of rotatable bonds is 5. The summed E-state index contributed by atoms with van der Waals surface area (Å²) in [6, 6.07) is 6.26. The minimum absolute atomic E-state index is 0.0347. The van der Waals surface area contributed by atoms with E-state index in [1.165, 1.54) is 12.1 Å². The van der Waals surface area contributed by atoms with E-state index in [9.17, 15) is 4.39 Å².